The summed E-state index contributed by atoms with van der Waals surface area (Å²) < 4.78 is 18.9. The predicted octanol–water partition coefficient (Wildman–Crippen LogP) is 1.16. The number of ether oxygens (including phenoxy) is 1. The fourth-order valence-electron chi connectivity index (χ4n) is 2.19. The molecule has 1 aromatic carbocycles. The first kappa shape index (κ1) is 13.7. The maximum absolute atomic E-state index is 13.3. The van der Waals surface area contributed by atoms with E-state index in [4.69, 9.17) is 4.74 Å². The van der Waals surface area contributed by atoms with E-state index in [9.17, 15) is 14.5 Å². The van der Waals surface area contributed by atoms with Crippen LogP contribution < -0.4 is 10.2 Å². The molecule has 0 spiro atoms. The van der Waals surface area contributed by atoms with Crippen LogP contribution in [-0.2, 0) is 4.74 Å². The molecule has 19 heavy (non-hydrogen) atoms. The van der Waals surface area contributed by atoms with Gasteiger partial charge in [0.05, 0.1) is 17.6 Å². The highest BCUT2D eigenvalue weighted by Crippen LogP contribution is 2.30. The molecule has 0 aliphatic carbocycles. The summed E-state index contributed by atoms with van der Waals surface area (Å²) in [4.78, 5) is 12.3. The number of benzene rings is 1. The van der Waals surface area contributed by atoms with Crippen molar-refractivity contribution in [1.82, 2.24) is 5.32 Å². The molecular formula is C12H16FN3O3. The van der Waals surface area contributed by atoms with Gasteiger partial charge in [0.1, 0.15) is 11.5 Å². The molecule has 1 saturated heterocycles. The normalized spacial score (nSPS) is 19.5. The van der Waals surface area contributed by atoms with E-state index in [-0.39, 0.29) is 11.8 Å². The van der Waals surface area contributed by atoms with Crippen molar-refractivity contribution in [2.45, 2.75) is 6.10 Å². The van der Waals surface area contributed by atoms with Crippen LogP contribution >= 0.6 is 0 Å². The highest BCUT2D eigenvalue weighted by atomic mass is 19.1. The van der Waals surface area contributed by atoms with Gasteiger partial charge in [-0.05, 0) is 13.1 Å². The molecule has 6 nitrogen and oxygen atoms in total. The fraction of sp³-hybridized carbons (Fsp3) is 0.500. The molecule has 7 heteroatoms. The van der Waals surface area contributed by atoms with Gasteiger partial charge in [-0.25, -0.2) is 4.39 Å². The van der Waals surface area contributed by atoms with Crippen molar-refractivity contribution < 1.29 is 14.1 Å². The zero-order valence-electron chi connectivity index (χ0n) is 10.6. The largest absolute Gasteiger partial charge is 0.373 e. The van der Waals surface area contributed by atoms with Gasteiger partial charge in [0, 0.05) is 31.8 Å². The van der Waals surface area contributed by atoms with E-state index in [0.29, 0.717) is 31.9 Å². The van der Waals surface area contributed by atoms with Gasteiger partial charge in [0.2, 0.25) is 0 Å². The number of nitrogens with one attached hydrogen (secondary N) is 1. The van der Waals surface area contributed by atoms with Gasteiger partial charge in [-0.1, -0.05) is 0 Å². The molecule has 0 bridgehead atoms. The monoisotopic (exact) mass is 269 g/mol. The van der Waals surface area contributed by atoms with E-state index in [1.807, 2.05) is 7.05 Å². The third-order valence-electron chi connectivity index (χ3n) is 3.05. The first-order chi connectivity index (χ1) is 9.11. The van der Waals surface area contributed by atoms with E-state index < -0.39 is 10.7 Å². The molecular weight excluding hydrogens is 253 g/mol. The fourth-order valence-corrected chi connectivity index (χ4v) is 2.19. The summed E-state index contributed by atoms with van der Waals surface area (Å²) in [6, 6.07) is 3.51. The lowest BCUT2D eigenvalue weighted by Crippen LogP contribution is -2.46. The van der Waals surface area contributed by atoms with Crippen molar-refractivity contribution in [2.24, 2.45) is 0 Å². The molecule has 1 N–H and O–H groups in total. The number of nitrogens with zero attached hydrogens (tertiary/aromatic N) is 2. The average Bonchev–Trinajstić information content (AvgIpc) is 2.39. The molecule has 2 rings (SSSR count). The molecule has 1 unspecified atom stereocenters. The van der Waals surface area contributed by atoms with Gasteiger partial charge in [-0.15, -0.1) is 0 Å². The van der Waals surface area contributed by atoms with Crippen LogP contribution in [0.4, 0.5) is 15.8 Å². The van der Waals surface area contributed by atoms with Crippen LogP contribution in [0.15, 0.2) is 18.2 Å². The molecule has 0 aromatic heterocycles. The van der Waals surface area contributed by atoms with Gasteiger partial charge >= 0.3 is 0 Å². The van der Waals surface area contributed by atoms with Crippen LogP contribution in [0.2, 0.25) is 0 Å². The summed E-state index contributed by atoms with van der Waals surface area (Å²) in [6.07, 6.45) is -0.0541. The Bertz CT molecular complexity index is 468. The Kier molecular flexibility index (Phi) is 4.28. The highest BCUT2D eigenvalue weighted by Gasteiger charge is 2.26. The zero-order valence-corrected chi connectivity index (χ0v) is 10.6. The van der Waals surface area contributed by atoms with Gasteiger partial charge < -0.3 is 15.0 Å². The Balaban J connectivity index is 2.24. The minimum absolute atomic E-state index is 0.0541. The summed E-state index contributed by atoms with van der Waals surface area (Å²) in [5, 5.41) is 14.0. The zero-order chi connectivity index (χ0) is 13.8. The second kappa shape index (κ2) is 5.94. The number of halogens is 1. The molecule has 1 aliphatic heterocycles. The Hall–Kier alpha value is -1.73. The van der Waals surface area contributed by atoms with E-state index in [0.717, 1.165) is 6.07 Å². The molecule has 1 fully saturated rings. The average molecular weight is 269 g/mol. The molecule has 0 amide bonds. The first-order valence-corrected chi connectivity index (χ1v) is 6.07. The molecule has 1 heterocycles. The number of nitro benzene ring substituents is 1. The molecule has 1 atom stereocenters. The van der Waals surface area contributed by atoms with E-state index in [2.05, 4.69) is 5.32 Å². The van der Waals surface area contributed by atoms with Crippen LogP contribution in [0, 0.1) is 15.9 Å². The molecule has 0 saturated carbocycles. The Labute approximate surface area is 110 Å². The molecule has 1 aliphatic rings. The third kappa shape index (κ3) is 3.18. The second-order valence-electron chi connectivity index (χ2n) is 4.39. The minimum Gasteiger partial charge on any atom is -0.373 e. The van der Waals surface area contributed by atoms with Crippen LogP contribution in [-0.4, -0.2) is 44.3 Å². The first-order valence-electron chi connectivity index (χ1n) is 6.07. The van der Waals surface area contributed by atoms with Gasteiger partial charge in [0.15, 0.2) is 0 Å². The number of likely N-dealkylation sites (N-methyl/N-ethyl adjacent to an activating group) is 1. The predicted molar refractivity (Wildman–Crippen MR) is 68.9 cm³/mol. The maximum atomic E-state index is 13.3. The Morgan fingerprint density at radius 3 is 3.11 bits per heavy atom. The summed E-state index contributed by atoms with van der Waals surface area (Å²) in [5.41, 5.74) is 0.237. The molecule has 1 aromatic rings. The lowest BCUT2D eigenvalue weighted by Gasteiger charge is -2.34. The Morgan fingerprint density at radius 1 is 1.63 bits per heavy atom. The van der Waals surface area contributed by atoms with Crippen molar-refractivity contribution in [3.8, 4) is 0 Å². The number of hydrogen-bond acceptors (Lipinski definition) is 5. The lowest BCUT2D eigenvalue weighted by molar-refractivity contribution is -0.384. The molecule has 0 radical (unpaired) electrons. The number of hydrogen-bond donors (Lipinski definition) is 1. The summed E-state index contributed by atoms with van der Waals surface area (Å²) in [5.74, 6) is -0.475. The van der Waals surface area contributed by atoms with E-state index in [1.165, 1.54) is 12.1 Å². The topological polar surface area (TPSA) is 67.6 Å². The van der Waals surface area contributed by atoms with Gasteiger partial charge in [-0.3, -0.25) is 10.1 Å². The SMILES string of the molecule is CNCC1CN(c2cc(F)ccc2[N+](=O)[O-])CCO1. The van der Waals surface area contributed by atoms with Crippen LogP contribution in [0.3, 0.4) is 0 Å². The van der Waals surface area contributed by atoms with Crippen molar-refractivity contribution in [3.63, 3.8) is 0 Å². The van der Waals surface area contributed by atoms with E-state index in [1.54, 1.807) is 4.90 Å². The van der Waals surface area contributed by atoms with Crippen molar-refractivity contribution in [2.75, 3.05) is 38.2 Å². The standard InChI is InChI=1S/C12H16FN3O3/c1-14-7-10-8-15(4-5-19-10)12-6-9(13)2-3-11(12)16(17)18/h2-3,6,10,14H,4-5,7-8H2,1H3. The number of morpholine rings is 1. The second-order valence-corrected chi connectivity index (χ2v) is 4.39. The summed E-state index contributed by atoms with van der Waals surface area (Å²) in [7, 11) is 1.81. The summed E-state index contributed by atoms with van der Waals surface area (Å²) >= 11 is 0. The number of rotatable bonds is 4. The summed E-state index contributed by atoms with van der Waals surface area (Å²) in [6.45, 7) is 2.15. The smallest absolute Gasteiger partial charge is 0.292 e. The minimum atomic E-state index is -0.489. The lowest BCUT2D eigenvalue weighted by atomic mass is 10.2. The van der Waals surface area contributed by atoms with Crippen LogP contribution in [0.25, 0.3) is 0 Å². The molecule has 104 valence electrons. The van der Waals surface area contributed by atoms with Gasteiger partial charge in [0.25, 0.3) is 5.69 Å². The van der Waals surface area contributed by atoms with Crippen molar-refractivity contribution in [3.05, 3.63) is 34.1 Å². The Morgan fingerprint density at radius 2 is 2.42 bits per heavy atom. The van der Waals surface area contributed by atoms with Crippen molar-refractivity contribution >= 4 is 11.4 Å². The van der Waals surface area contributed by atoms with E-state index >= 15 is 0 Å². The van der Waals surface area contributed by atoms with Crippen molar-refractivity contribution in [1.29, 1.82) is 0 Å². The number of anilines is 1. The third-order valence-corrected chi connectivity index (χ3v) is 3.05. The quantitative estimate of drug-likeness (QED) is 0.656. The maximum Gasteiger partial charge on any atom is 0.292 e. The number of nitro groups is 1. The highest BCUT2D eigenvalue weighted by molar-refractivity contribution is 5.63. The van der Waals surface area contributed by atoms with Gasteiger partial charge in [-0.2, -0.15) is 0 Å². The van der Waals surface area contributed by atoms with Crippen LogP contribution in [0.1, 0.15) is 0 Å². The van der Waals surface area contributed by atoms with Crippen LogP contribution in [0.5, 0.6) is 0 Å².